The number of hydrogen-bond donors (Lipinski definition) is 1. The number of carbonyl (C=O) groups is 3. The number of nitrogens with one attached hydrogen (secondary N) is 1. The molecule has 2 bridgehead atoms. The minimum atomic E-state index is -4.50. The van der Waals surface area contributed by atoms with E-state index in [1.54, 1.807) is 0 Å². The summed E-state index contributed by atoms with van der Waals surface area (Å²) < 4.78 is 34.4. The molecule has 0 unspecified atom stereocenters. The molecule has 0 saturated heterocycles. The van der Waals surface area contributed by atoms with Crippen molar-refractivity contribution in [1.29, 1.82) is 0 Å². The average Bonchev–Trinajstić information content (AvgIpc) is 2.57. The van der Waals surface area contributed by atoms with Crippen LogP contribution in [0.2, 0.25) is 0 Å². The van der Waals surface area contributed by atoms with Gasteiger partial charge in [-0.3, -0.25) is 4.79 Å². The zero-order chi connectivity index (χ0) is 19.3. The van der Waals surface area contributed by atoms with Crippen molar-refractivity contribution in [2.24, 2.45) is 0 Å². The van der Waals surface area contributed by atoms with Crippen LogP contribution in [0.4, 0.5) is 4.79 Å². The van der Waals surface area contributed by atoms with Crippen LogP contribution >= 0.6 is 11.6 Å². The van der Waals surface area contributed by atoms with Gasteiger partial charge in [-0.2, -0.15) is 8.42 Å². The molecule has 1 aromatic carbocycles. The van der Waals surface area contributed by atoms with Crippen molar-refractivity contribution in [3.05, 3.63) is 29.8 Å². The van der Waals surface area contributed by atoms with Gasteiger partial charge in [-0.25, -0.2) is 9.59 Å². The Labute approximate surface area is 154 Å². The molecule has 2 amide bonds. The third-order valence-electron chi connectivity index (χ3n) is 3.10. The summed E-state index contributed by atoms with van der Waals surface area (Å²) in [6.45, 7) is 0.711. The summed E-state index contributed by atoms with van der Waals surface area (Å²) in [7, 11) is -4.50. The molecule has 1 heterocycles. The molecule has 0 saturated carbocycles. The van der Waals surface area contributed by atoms with Crippen LogP contribution in [0, 0.1) is 0 Å². The van der Waals surface area contributed by atoms with Crippen molar-refractivity contribution in [2.75, 3.05) is 5.88 Å². The Morgan fingerprint density at radius 1 is 1.42 bits per heavy atom. The molecule has 1 aliphatic heterocycles. The average molecular weight is 407 g/mol. The van der Waals surface area contributed by atoms with E-state index in [4.69, 9.17) is 16.3 Å². The number of benzene rings is 1. The lowest BCUT2D eigenvalue weighted by molar-refractivity contribution is -0.278. The molecule has 1 aliphatic rings. The Balaban J connectivity index is 2.47. The Morgan fingerprint density at radius 2 is 2.15 bits per heavy atom. The maximum absolute atomic E-state index is 12.5. The summed E-state index contributed by atoms with van der Waals surface area (Å²) >= 11 is 5.60. The topological polar surface area (TPSA) is 128 Å². The van der Waals surface area contributed by atoms with Crippen LogP contribution in [0.15, 0.2) is 29.2 Å². The first-order valence-corrected chi connectivity index (χ1v) is 9.22. The molecule has 1 atom stereocenters. The van der Waals surface area contributed by atoms with Gasteiger partial charge in [0.15, 0.2) is 0 Å². The van der Waals surface area contributed by atoms with E-state index in [0.717, 1.165) is 6.92 Å². The quantitative estimate of drug-likeness (QED) is 0.731. The zero-order valence-electron chi connectivity index (χ0n) is 13.5. The van der Waals surface area contributed by atoms with E-state index >= 15 is 0 Å². The van der Waals surface area contributed by atoms with E-state index in [2.05, 4.69) is 14.4 Å². The number of fused-ring (bicyclic) bond motifs is 2. The van der Waals surface area contributed by atoms with Crippen LogP contribution in [-0.2, 0) is 40.2 Å². The second-order valence-electron chi connectivity index (χ2n) is 5.10. The van der Waals surface area contributed by atoms with Crippen LogP contribution < -0.4 is 5.32 Å². The van der Waals surface area contributed by atoms with Gasteiger partial charge in [-0.15, -0.1) is 15.9 Å². The van der Waals surface area contributed by atoms with Crippen molar-refractivity contribution in [3.8, 4) is 0 Å². The molecule has 10 nitrogen and oxygen atoms in total. The number of hydrogen-bond acceptors (Lipinski definition) is 8. The fraction of sp³-hybridized carbons (Fsp3) is 0.357. The lowest BCUT2D eigenvalue weighted by Crippen LogP contribution is -2.50. The third kappa shape index (κ3) is 5.07. The molecule has 1 N–H and O–H groups in total. The number of alkyl halides is 1. The summed E-state index contributed by atoms with van der Waals surface area (Å²) in [5.74, 6) is -2.23. The molecule has 142 valence electrons. The van der Waals surface area contributed by atoms with E-state index in [9.17, 15) is 22.8 Å². The highest BCUT2D eigenvalue weighted by atomic mass is 35.5. The molecule has 0 aliphatic carbocycles. The number of amides is 2. The van der Waals surface area contributed by atoms with Gasteiger partial charge in [0.1, 0.15) is 12.6 Å². The number of halogens is 1. The van der Waals surface area contributed by atoms with Crippen LogP contribution in [-0.4, -0.2) is 43.5 Å². The van der Waals surface area contributed by atoms with Gasteiger partial charge in [-0.05, 0) is 29.3 Å². The molecular weight excluding hydrogens is 392 g/mol. The summed E-state index contributed by atoms with van der Waals surface area (Å²) in [4.78, 5) is 39.8. The van der Waals surface area contributed by atoms with Gasteiger partial charge in [0.2, 0.25) is 0 Å². The molecule has 0 spiro atoms. The van der Waals surface area contributed by atoms with E-state index < -0.39 is 34.1 Å². The minimum absolute atomic E-state index is 0.0591. The van der Waals surface area contributed by atoms with Crippen LogP contribution in [0.3, 0.4) is 0 Å². The van der Waals surface area contributed by atoms with Crippen molar-refractivity contribution in [1.82, 2.24) is 10.5 Å². The van der Waals surface area contributed by atoms with Crippen LogP contribution in [0.25, 0.3) is 0 Å². The summed E-state index contributed by atoms with van der Waals surface area (Å²) in [6.07, 6.45) is -1.04. The van der Waals surface area contributed by atoms with Gasteiger partial charge in [0, 0.05) is 12.8 Å². The van der Waals surface area contributed by atoms with Gasteiger partial charge >= 0.3 is 28.1 Å². The van der Waals surface area contributed by atoms with Crippen molar-refractivity contribution < 1.29 is 36.7 Å². The number of hydroxylamine groups is 2. The maximum Gasteiger partial charge on any atom is 0.408 e. The summed E-state index contributed by atoms with van der Waals surface area (Å²) in [6, 6.07) is 3.98. The van der Waals surface area contributed by atoms with E-state index in [-0.39, 0.29) is 29.0 Å². The highest BCUT2D eigenvalue weighted by Crippen LogP contribution is 2.18. The fourth-order valence-corrected chi connectivity index (χ4v) is 3.09. The molecular formula is C14H15ClN2O8S. The second-order valence-corrected chi connectivity index (χ2v) is 7.01. The predicted molar refractivity (Wildman–Crippen MR) is 85.8 cm³/mol. The van der Waals surface area contributed by atoms with E-state index in [1.165, 1.54) is 24.3 Å². The minimum Gasteiger partial charge on any atom is -0.445 e. The molecule has 26 heavy (non-hydrogen) atoms. The molecule has 2 rings (SSSR count). The Kier molecular flexibility index (Phi) is 6.40. The Morgan fingerprint density at radius 3 is 2.81 bits per heavy atom. The Hall–Kier alpha value is -2.37. The number of alkyl carbamates (subject to hydrolysis) is 1. The van der Waals surface area contributed by atoms with Crippen molar-refractivity contribution in [2.45, 2.75) is 30.9 Å². The van der Waals surface area contributed by atoms with E-state index in [0.29, 0.717) is 5.56 Å². The lowest BCUT2D eigenvalue weighted by Gasteiger charge is -2.24. The van der Waals surface area contributed by atoms with Crippen molar-refractivity contribution >= 4 is 39.7 Å². The van der Waals surface area contributed by atoms with Crippen molar-refractivity contribution in [3.63, 3.8) is 0 Å². The number of rotatable bonds is 3. The zero-order valence-corrected chi connectivity index (χ0v) is 15.1. The molecule has 12 heteroatoms. The number of cyclic esters (lactones) is 1. The second kappa shape index (κ2) is 8.34. The van der Waals surface area contributed by atoms with Gasteiger partial charge in [-0.1, -0.05) is 12.1 Å². The standard InChI is InChI=1S/C14H15ClN2O8S/c1-9(18)24-17-13(19)12(5-6-15)16-14(20)23-8-10-3-2-4-11(7-10)26(21,22)25-17/h2-4,7,12H,5-6,8H2,1H3,(H,16,20)/t12-/m0/s1. The molecule has 1 aromatic rings. The number of nitrogens with zero attached hydrogens (tertiary/aromatic N) is 1. The van der Waals surface area contributed by atoms with Gasteiger partial charge < -0.3 is 14.9 Å². The molecule has 0 fully saturated rings. The van der Waals surface area contributed by atoms with Gasteiger partial charge in [0.05, 0.1) is 4.90 Å². The molecule has 0 aromatic heterocycles. The van der Waals surface area contributed by atoms with Crippen LogP contribution in [0.1, 0.15) is 18.9 Å². The van der Waals surface area contributed by atoms with E-state index in [1.807, 2.05) is 0 Å². The Bertz CT molecular complexity index is 813. The first-order valence-electron chi connectivity index (χ1n) is 7.28. The fourth-order valence-electron chi connectivity index (χ4n) is 1.96. The predicted octanol–water partition coefficient (Wildman–Crippen LogP) is 0.851. The SMILES string of the molecule is CC(=O)ON1OS(=O)(=O)c2cccc(c2)COC(=O)N[C@@H](CCCl)C1=O. The normalized spacial score (nSPS) is 20.2. The highest BCUT2D eigenvalue weighted by molar-refractivity contribution is 7.86. The lowest BCUT2D eigenvalue weighted by atomic mass is 10.2. The summed E-state index contributed by atoms with van der Waals surface area (Å²) in [5.41, 5.74) is 0.365. The monoisotopic (exact) mass is 406 g/mol. The maximum atomic E-state index is 12.5. The largest absolute Gasteiger partial charge is 0.445 e. The smallest absolute Gasteiger partial charge is 0.408 e. The number of ether oxygens (including phenoxy) is 1. The van der Waals surface area contributed by atoms with Crippen LogP contribution in [0.5, 0.6) is 0 Å². The van der Waals surface area contributed by atoms with Gasteiger partial charge in [0.25, 0.3) is 0 Å². The third-order valence-corrected chi connectivity index (χ3v) is 4.48. The highest BCUT2D eigenvalue weighted by Gasteiger charge is 2.34. The first kappa shape index (κ1) is 19.9. The summed E-state index contributed by atoms with van der Waals surface area (Å²) in [5, 5.41) is 2.13. The first-order chi connectivity index (χ1) is 12.2. The molecule has 0 radical (unpaired) electrons. The number of carbonyl (C=O) groups excluding carboxylic acids is 3.